The average Bonchev–Trinajstić information content (AvgIpc) is 2.98. The number of hydrogen-bond acceptors (Lipinski definition) is 6. The topological polar surface area (TPSA) is 122 Å². The Kier molecular flexibility index (Phi) is 9.54. The number of hydrogen-bond donors (Lipinski definition) is 2. The molecule has 2 amide bonds. The van der Waals surface area contributed by atoms with Gasteiger partial charge in [0, 0.05) is 26.2 Å². The number of piperidine rings is 1. The third-order valence-electron chi connectivity index (χ3n) is 9.24. The number of piperazine rings is 1. The van der Waals surface area contributed by atoms with Crippen LogP contribution in [0.3, 0.4) is 0 Å². The van der Waals surface area contributed by atoms with Crippen LogP contribution in [0, 0.1) is 5.92 Å². The van der Waals surface area contributed by atoms with E-state index < -0.39 is 15.6 Å². The number of nitrogens with two attached hydrogens (primary N) is 1. The Bertz CT molecular complexity index is 1330. The Morgan fingerprint density at radius 1 is 0.952 bits per heavy atom. The van der Waals surface area contributed by atoms with Crippen LogP contribution in [0.5, 0.6) is 11.5 Å². The number of primary sulfonamides is 1. The molecule has 2 heterocycles. The fourth-order valence-corrected chi connectivity index (χ4v) is 7.28. The predicted molar refractivity (Wildman–Crippen MR) is 161 cm³/mol. The smallest absolute Gasteiger partial charge is 0.246 e. The number of nitrogens with one attached hydrogen (secondary N) is 1. The van der Waals surface area contributed by atoms with Gasteiger partial charge >= 0.3 is 0 Å². The Balaban J connectivity index is 1.18. The largest absolute Gasteiger partial charge is 0.457 e. The minimum Gasteiger partial charge on any atom is -0.457 e. The van der Waals surface area contributed by atoms with E-state index in [-0.39, 0.29) is 22.8 Å². The van der Waals surface area contributed by atoms with Gasteiger partial charge in [0.05, 0.1) is 4.90 Å². The molecule has 10 heteroatoms. The molecule has 1 spiro atoms. The summed E-state index contributed by atoms with van der Waals surface area (Å²) in [6, 6.07) is 13.4. The van der Waals surface area contributed by atoms with E-state index in [4.69, 9.17) is 9.88 Å². The van der Waals surface area contributed by atoms with Gasteiger partial charge in [0.2, 0.25) is 21.8 Å². The van der Waals surface area contributed by atoms with Gasteiger partial charge in [0.15, 0.2) is 0 Å². The molecule has 1 aliphatic carbocycles. The summed E-state index contributed by atoms with van der Waals surface area (Å²) < 4.78 is 28.8. The molecule has 2 saturated heterocycles. The fraction of sp³-hybridized carbons (Fsp3) is 0.562. The second kappa shape index (κ2) is 13.1. The van der Waals surface area contributed by atoms with E-state index in [0.717, 1.165) is 57.3 Å². The number of carbonyl (C=O) groups excluding carboxylic acids is 2. The summed E-state index contributed by atoms with van der Waals surface area (Å²) >= 11 is 0. The number of amides is 2. The minimum atomic E-state index is -3.74. The van der Waals surface area contributed by atoms with Gasteiger partial charge in [-0.25, -0.2) is 13.6 Å². The molecule has 0 bridgehead atoms. The van der Waals surface area contributed by atoms with E-state index in [2.05, 4.69) is 17.1 Å². The van der Waals surface area contributed by atoms with Crippen molar-refractivity contribution in [3.8, 4) is 11.5 Å². The highest BCUT2D eigenvalue weighted by Gasteiger charge is 2.53. The van der Waals surface area contributed by atoms with Crippen molar-refractivity contribution < 1.29 is 22.7 Å². The van der Waals surface area contributed by atoms with E-state index >= 15 is 0 Å². The quantitative estimate of drug-likeness (QED) is 0.415. The number of likely N-dealkylation sites (tertiary alicyclic amines) is 1. The zero-order valence-corrected chi connectivity index (χ0v) is 25.4. The second-order valence-electron chi connectivity index (χ2n) is 12.2. The Hall–Kier alpha value is -2.95. The summed E-state index contributed by atoms with van der Waals surface area (Å²) in [5.74, 6) is 1.86. The van der Waals surface area contributed by atoms with Gasteiger partial charge in [0.25, 0.3) is 0 Å². The zero-order chi connectivity index (χ0) is 29.7. The van der Waals surface area contributed by atoms with E-state index in [9.17, 15) is 18.0 Å². The Labute approximate surface area is 249 Å². The SMILES string of the molecule is CCCCN1C(=O)[C@H](CC2CCCCC2)NC(=O)C12CCN(Cc1ccc(Oc3ccc(S(N)(=O)=O)cc3)cc1)CC2. The molecule has 2 aromatic carbocycles. The van der Waals surface area contributed by atoms with Crippen LogP contribution in [0.15, 0.2) is 53.4 Å². The van der Waals surface area contributed by atoms with Gasteiger partial charge in [0.1, 0.15) is 23.1 Å². The van der Waals surface area contributed by atoms with E-state index in [1.807, 2.05) is 29.2 Å². The van der Waals surface area contributed by atoms with Gasteiger partial charge in [-0.05, 0) is 73.6 Å². The van der Waals surface area contributed by atoms with Gasteiger partial charge in [-0.1, -0.05) is 57.6 Å². The summed E-state index contributed by atoms with van der Waals surface area (Å²) in [7, 11) is -3.74. The van der Waals surface area contributed by atoms with Crippen LogP contribution in [-0.2, 0) is 26.2 Å². The molecule has 3 fully saturated rings. The molecule has 0 unspecified atom stereocenters. The first-order chi connectivity index (χ1) is 20.2. The molecule has 3 N–H and O–H groups in total. The number of sulfonamides is 1. The van der Waals surface area contributed by atoms with Crippen molar-refractivity contribution >= 4 is 21.8 Å². The molecule has 2 aliphatic heterocycles. The number of benzene rings is 2. The Morgan fingerprint density at radius 2 is 1.57 bits per heavy atom. The molecule has 2 aromatic rings. The molecule has 5 rings (SSSR count). The van der Waals surface area contributed by atoms with Crippen LogP contribution in [0.2, 0.25) is 0 Å². The lowest BCUT2D eigenvalue weighted by Crippen LogP contribution is -2.73. The monoisotopic (exact) mass is 596 g/mol. The van der Waals surface area contributed by atoms with Crippen LogP contribution in [0.25, 0.3) is 0 Å². The van der Waals surface area contributed by atoms with Crippen LogP contribution in [0.1, 0.15) is 76.7 Å². The third kappa shape index (κ3) is 6.98. The highest BCUT2D eigenvalue weighted by atomic mass is 32.2. The molecule has 42 heavy (non-hydrogen) atoms. The van der Waals surface area contributed by atoms with Gasteiger partial charge in [-0.2, -0.15) is 0 Å². The summed E-state index contributed by atoms with van der Waals surface area (Å²) in [5.41, 5.74) is 0.380. The molecule has 1 saturated carbocycles. The maximum absolute atomic E-state index is 13.8. The number of rotatable bonds is 10. The van der Waals surface area contributed by atoms with Crippen LogP contribution in [-0.4, -0.2) is 61.2 Å². The van der Waals surface area contributed by atoms with Crippen molar-refractivity contribution in [2.45, 2.75) is 94.2 Å². The molecule has 1 atom stereocenters. The third-order valence-corrected chi connectivity index (χ3v) is 10.2. The van der Waals surface area contributed by atoms with Gasteiger partial charge in [-0.3, -0.25) is 14.5 Å². The van der Waals surface area contributed by atoms with Crippen molar-refractivity contribution in [2.24, 2.45) is 11.1 Å². The van der Waals surface area contributed by atoms with Gasteiger partial charge < -0.3 is 15.0 Å². The first-order valence-corrected chi connectivity index (χ1v) is 17.0. The highest BCUT2D eigenvalue weighted by Crippen LogP contribution is 2.36. The normalized spacial score (nSPS) is 21.9. The van der Waals surface area contributed by atoms with Crippen LogP contribution >= 0.6 is 0 Å². The van der Waals surface area contributed by atoms with Gasteiger partial charge in [-0.15, -0.1) is 0 Å². The number of ether oxygens (including phenoxy) is 1. The molecular formula is C32H44N4O5S. The molecular weight excluding hydrogens is 552 g/mol. The molecule has 9 nitrogen and oxygen atoms in total. The second-order valence-corrected chi connectivity index (χ2v) is 13.7. The molecule has 0 radical (unpaired) electrons. The zero-order valence-electron chi connectivity index (χ0n) is 24.6. The van der Waals surface area contributed by atoms with Crippen molar-refractivity contribution in [1.29, 1.82) is 0 Å². The fourth-order valence-electron chi connectivity index (χ4n) is 6.76. The summed E-state index contributed by atoms with van der Waals surface area (Å²) in [6.45, 7) is 5.00. The summed E-state index contributed by atoms with van der Waals surface area (Å²) in [5, 5.41) is 8.34. The molecule has 228 valence electrons. The first-order valence-electron chi connectivity index (χ1n) is 15.4. The maximum atomic E-state index is 13.8. The van der Waals surface area contributed by atoms with Crippen molar-refractivity contribution in [3.05, 3.63) is 54.1 Å². The minimum absolute atomic E-state index is 0.0383. The molecule has 0 aromatic heterocycles. The number of carbonyl (C=O) groups is 2. The lowest BCUT2D eigenvalue weighted by Gasteiger charge is -2.52. The maximum Gasteiger partial charge on any atom is 0.246 e. The summed E-state index contributed by atoms with van der Waals surface area (Å²) in [4.78, 5) is 31.8. The van der Waals surface area contributed by atoms with Crippen LogP contribution in [0.4, 0.5) is 0 Å². The van der Waals surface area contributed by atoms with E-state index in [1.54, 1.807) is 12.1 Å². The average molecular weight is 597 g/mol. The van der Waals surface area contributed by atoms with E-state index in [1.165, 1.54) is 31.4 Å². The highest BCUT2D eigenvalue weighted by molar-refractivity contribution is 7.89. The van der Waals surface area contributed by atoms with E-state index in [0.29, 0.717) is 36.8 Å². The summed E-state index contributed by atoms with van der Waals surface area (Å²) in [6.07, 6.45) is 10.0. The lowest BCUT2D eigenvalue weighted by atomic mass is 9.79. The Morgan fingerprint density at radius 3 is 2.17 bits per heavy atom. The first kappa shape index (κ1) is 30.5. The van der Waals surface area contributed by atoms with Crippen LogP contribution < -0.4 is 15.2 Å². The number of unbranched alkanes of at least 4 members (excludes halogenated alkanes) is 1. The number of nitrogens with zero attached hydrogens (tertiary/aromatic N) is 2. The molecule has 3 aliphatic rings. The predicted octanol–water partition coefficient (Wildman–Crippen LogP) is 4.56. The van der Waals surface area contributed by atoms with Crippen molar-refractivity contribution in [3.63, 3.8) is 0 Å². The van der Waals surface area contributed by atoms with Crippen molar-refractivity contribution in [1.82, 2.24) is 15.1 Å². The lowest BCUT2D eigenvalue weighted by molar-refractivity contribution is -0.162. The van der Waals surface area contributed by atoms with Crippen molar-refractivity contribution in [2.75, 3.05) is 19.6 Å². The standard InChI is InChI=1S/C32H44N4O5S/c1-2-3-19-36-30(37)29(22-24-7-5-4-6-8-24)34-31(38)32(36)17-20-35(21-18-32)23-25-9-11-26(12-10-25)41-27-13-15-28(16-14-27)42(33,39)40/h9-16,24,29H,2-8,17-23H2,1H3,(H,34,38)(H2,33,39,40)/t29-/m0/s1.